The standard InChI is InChI=1S/C35H69NO13/c1-3-5-6-33(4-2)35(37)49-32-30-47-28-26-45-24-22-43-20-18-41-16-14-39-12-11-38-13-15-40-17-19-42-21-23-44-25-27-46-29-31-48-34-7-9-36-10-8-34/h33-34,36H,3-32H2,1-2H3. The summed E-state index contributed by atoms with van der Waals surface area (Å²) in [6.45, 7) is 17.2. The Labute approximate surface area is 295 Å². The first kappa shape index (κ1) is 46.0. The van der Waals surface area contributed by atoms with E-state index in [-0.39, 0.29) is 18.5 Å². The van der Waals surface area contributed by atoms with Crippen LogP contribution in [0.4, 0.5) is 0 Å². The van der Waals surface area contributed by atoms with Gasteiger partial charge in [-0.25, -0.2) is 0 Å². The lowest BCUT2D eigenvalue weighted by molar-refractivity contribution is -0.150. The van der Waals surface area contributed by atoms with E-state index in [1.165, 1.54) is 0 Å². The first-order chi connectivity index (χ1) is 24.3. The van der Waals surface area contributed by atoms with Gasteiger partial charge in [0.1, 0.15) is 6.61 Å². The molecule has 0 amide bonds. The third-order valence-corrected chi connectivity index (χ3v) is 7.42. The van der Waals surface area contributed by atoms with Crippen LogP contribution in [0.1, 0.15) is 52.4 Å². The van der Waals surface area contributed by atoms with Gasteiger partial charge in [-0.05, 0) is 38.8 Å². The number of esters is 1. The van der Waals surface area contributed by atoms with Gasteiger partial charge in [-0.15, -0.1) is 0 Å². The molecule has 14 nitrogen and oxygen atoms in total. The molecule has 49 heavy (non-hydrogen) atoms. The van der Waals surface area contributed by atoms with Gasteiger partial charge in [0.25, 0.3) is 0 Å². The lowest BCUT2D eigenvalue weighted by atomic mass is 10.00. The van der Waals surface area contributed by atoms with Crippen molar-refractivity contribution in [1.82, 2.24) is 5.32 Å². The molecule has 1 heterocycles. The highest BCUT2D eigenvalue weighted by molar-refractivity contribution is 5.72. The van der Waals surface area contributed by atoms with Crippen molar-refractivity contribution in [2.75, 3.05) is 158 Å². The van der Waals surface area contributed by atoms with Gasteiger partial charge < -0.3 is 62.2 Å². The number of carbonyl (C=O) groups excluding carboxylic acids is 1. The number of ether oxygens (including phenoxy) is 12. The molecule has 0 aliphatic carbocycles. The van der Waals surface area contributed by atoms with Crippen LogP contribution in [0.2, 0.25) is 0 Å². The number of hydrogen-bond donors (Lipinski definition) is 1. The average molecular weight is 712 g/mol. The zero-order chi connectivity index (χ0) is 35.1. The summed E-state index contributed by atoms with van der Waals surface area (Å²) >= 11 is 0. The number of piperidine rings is 1. The lowest BCUT2D eigenvalue weighted by Crippen LogP contribution is -2.33. The highest BCUT2D eigenvalue weighted by atomic mass is 16.6. The largest absolute Gasteiger partial charge is 0.463 e. The van der Waals surface area contributed by atoms with Gasteiger partial charge in [0.05, 0.1) is 151 Å². The molecule has 0 radical (unpaired) electrons. The fourth-order valence-electron chi connectivity index (χ4n) is 4.58. The van der Waals surface area contributed by atoms with Crippen molar-refractivity contribution in [3.05, 3.63) is 0 Å². The first-order valence-corrected chi connectivity index (χ1v) is 18.5. The summed E-state index contributed by atoms with van der Waals surface area (Å²) in [6.07, 6.45) is 6.36. The van der Waals surface area contributed by atoms with Gasteiger partial charge >= 0.3 is 5.97 Å². The van der Waals surface area contributed by atoms with Crippen LogP contribution < -0.4 is 5.32 Å². The van der Waals surface area contributed by atoms with E-state index in [4.69, 9.17) is 56.8 Å². The van der Waals surface area contributed by atoms with Gasteiger partial charge in [-0.3, -0.25) is 4.79 Å². The third kappa shape index (κ3) is 32.6. The summed E-state index contributed by atoms with van der Waals surface area (Å²) < 4.78 is 66.0. The number of carbonyl (C=O) groups is 1. The Morgan fingerprint density at radius 1 is 0.510 bits per heavy atom. The fourth-order valence-corrected chi connectivity index (χ4v) is 4.58. The highest BCUT2D eigenvalue weighted by Gasteiger charge is 2.17. The van der Waals surface area contributed by atoms with Crippen LogP contribution in [0.3, 0.4) is 0 Å². The second-order valence-electron chi connectivity index (χ2n) is 11.4. The smallest absolute Gasteiger partial charge is 0.308 e. The van der Waals surface area contributed by atoms with Crippen molar-refractivity contribution in [3.8, 4) is 0 Å². The monoisotopic (exact) mass is 711 g/mol. The Kier molecular flexibility index (Phi) is 35.9. The molecule has 0 aromatic carbocycles. The van der Waals surface area contributed by atoms with Crippen molar-refractivity contribution in [2.24, 2.45) is 5.92 Å². The molecule has 1 rings (SSSR count). The zero-order valence-corrected chi connectivity index (χ0v) is 30.7. The van der Waals surface area contributed by atoms with Crippen LogP contribution in [-0.4, -0.2) is 171 Å². The van der Waals surface area contributed by atoms with Crippen molar-refractivity contribution in [2.45, 2.75) is 58.5 Å². The van der Waals surface area contributed by atoms with Crippen LogP contribution in [0.15, 0.2) is 0 Å². The number of hydrogen-bond acceptors (Lipinski definition) is 14. The maximum Gasteiger partial charge on any atom is 0.308 e. The average Bonchev–Trinajstić information content (AvgIpc) is 3.12. The molecule has 1 aliphatic rings. The van der Waals surface area contributed by atoms with E-state index in [0.717, 1.165) is 51.6 Å². The van der Waals surface area contributed by atoms with Crippen molar-refractivity contribution in [1.29, 1.82) is 0 Å². The Hall–Kier alpha value is -1.01. The Morgan fingerprint density at radius 2 is 0.837 bits per heavy atom. The Bertz CT molecular complexity index is 673. The van der Waals surface area contributed by atoms with Gasteiger partial charge in [0, 0.05) is 0 Å². The van der Waals surface area contributed by atoms with Gasteiger partial charge in [-0.2, -0.15) is 0 Å². The molecule has 0 bridgehead atoms. The van der Waals surface area contributed by atoms with E-state index in [1.807, 2.05) is 6.92 Å². The van der Waals surface area contributed by atoms with E-state index in [2.05, 4.69) is 12.2 Å². The van der Waals surface area contributed by atoms with Crippen LogP contribution in [0, 0.1) is 5.92 Å². The lowest BCUT2D eigenvalue weighted by Gasteiger charge is -2.22. The topological polar surface area (TPSA) is 140 Å². The number of nitrogens with one attached hydrogen (secondary N) is 1. The van der Waals surface area contributed by atoms with Crippen LogP contribution in [0.25, 0.3) is 0 Å². The van der Waals surface area contributed by atoms with E-state index in [1.54, 1.807) is 0 Å². The predicted octanol–water partition coefficient (Wildman–Crippen LogP) is 2.68. The highest BCUT2D eigenvalue weighted by Crippen LogP contribution is 2.14. The second kappa shape index (κ2) is 38.2. The van der Waals surface area contributed by atoms with Crippen LogP contribution in [-0.2, 0) is 61.6 Å². The van der Waals surface area contributed by atoms with Gasteiger partial charge in [-0.1, -0.05) is 26.7 Å². The molecule has 0 aromatic rings. The van der Waals surface area contributed by atoms with Crippen LogP contribution in [0.5, 0.6) is 0 Å². The fraction of sp³-hybridized carbons (Fsp3) is 0.971. The van der Waals surface area contributed by atoms with Crippen molar-refractivity contribution < 1.29 is 61.6 Å². The quantitative estimate of drug-likeness (QED) is 0.0738. The summed E-state index contributed by atoms with van der Waals surface area (Å²) in [5, 5.41) is 3.33. The molecule has 0 aromatic heterocycles. The molecular formula is C35H69NO13. The predicted molar refractivity (Wildman–Crippen MR) is 184 cm³/mol. The van der Waals surface area contributed by atoms with Gasteiger partial charge in [0.2, 0.25) is 0 Å². The van der Waals surface area contributed by atoms with E-state index in [0.29, 0.717) is 145 Å². The minimum atomic E-state index is -0.119. The molecule has 1 fully saturated rings. The van der Waals surface area contributed by atoms with E-state index < -0.39 is 0 Å². The number of unbranched alkanes of at least 4 members (excludes halogenated alkanes) is 1. The Balaban J connectivity index is 1.64. The molecule has 1 unspecified atom stereocenters. The second-order valence-corrected chi connectivity index (χ2v) is 11.4. The molecule has 0 spiro atoms. The minimum absolute atomic E-state index is 0.00285. The molecule has 14 heteroatoms. The molecule has 0 saturated carbocycles. The minimum Gasteiger partial charge on any atom is -0.463 e. The third-order valence-electron chi connectivity index (χ3n) is 7.42. The molecule has 1 N–H and O–H groups in total. The Morgan fingerprint density at radius 3 is 1.16 bits per heavy atom. The van der Waals surface area contributed by atoms with Crippen molar-refractivity contribution >= 4 is 5.97 Å². The van der Waals surface area contributed by atoms with Crippen LogP contribution >= 0.6 is 0 Å². The molecule has 1 saturated heterocycles. The van der Waals surface area contributed by atoms with Crippen molar-refractivity contribution in [3.63, 3.8) is 0 Å². The van der Waals surface area contributed by atoms with Gasteiger partial charge in [0.15, 0.2) is 0 Å². The normalized spacial score (nSPS) is 14.4. The summed E-state index contributed by atoms with van der Waals surface area (Å²) in [7, 11) is 0. The number of rotatable bonds is 39. The van der Waals surface area contributed by atoms with E-state index in [9.17, 15) is 4.79 Å². The zero-order valence-electron chi connectivity index (χ0n) is 30.7. The molecule has 1 atom stereocenters. The SMILES string of the molecule is CCCCC(CC)C(=O)OCCOCCOCCOCCOCCOCCOCCOCCOCCOCCOCCOC1CCNCC1. The molecule has 292 valence electrons. The summed E-state index contributed by atoms with van der Waals surface area (Å²) in [5.74, 6) is -0.122. The summed E-state index contributed by atoms with van der Waals surface area (Å²) in [4.78, 5) is 12.0. The first-order valence-electron chi connectivity index (χ1n) is 18.5. The maximum atomic E-state index is 12.0. The summed E-state index contributed by atoms with van der Waals surface area (Å²) in [6, 6.07) is 0. The maximum absolute atomic E-state index is 12.0. The molecule has 1 aliphatic heterocycles. The summed E-state index contributed by atoms with van der Waals surface area (Å²) in [5.41, 5.74) is 0. The molecular weight excluding hydrogens is 642 g/mol. The van der Waals surface area contributed by atoms with E-state index >= 15 is 0 Å².